The summed E-state index contributed by atoms with van der Waals surface area (Å²) >= 11 is 0. The van der Waals surface area contributed by atoms with Crippen LogP contribution in [0, 0.1) is 24.1 Å². The predicted molar refractivity (Wildman–Crippen MR) is 76.0 cm³/mol. The number of nitrogens with zero attached hydrogens (tertiary/aromatic N) is 1. The van der Waals surface area contributed by atoms with Gasteiger partial charge in [0.15, 0.2) is 0 Å². The first-order valence-electron chi connectivity index (χ1n) is 6.27. The second-order valence-corrected chi connectivity index (χ2v) is 4.68. The molecule has 0 aromatic heterocycles. The molecule has 20 heavy (non-hydrogen) atoms. The first-order chi connectivity index (χ1) is 9.52. The molecule has 2 aromatic rings. The van der Waals surface area contributed by atoms with Gasteiger partial charge in [-0.2, -0.15) is 5.26 Å². The zero-order chi connectivity index (χ0) is 14.7. The molecule has 0 saturated heterocycles. The van der Waals surface area contributed by atoms with Gasteiger partial charge in [0, 0.05) is 11.6 Å². The Balaban J connectivity index is 2.31. The zero-order valence-corrected chi connectivity index (χ0v) is 11.3. The van der Waals surface area contributed by atoms with Crippen LogP contribution in [0.3, 0.4) is 0 Å². The Morgan fingerprint density at radius 3 is 2.70 bits per heavy atom. The molecule has 0 fully saturated rings. The van der Waals surface area contributed by atoms with Crippen molar-refractivity contribution in [2.24, 2.45) is 0 Å². The average molecular weight is 270 g/mol. The summed E-state index contributed by atoms with van der Waals surface area (Å²) in [6.45, 7) is 3.71. The summed E-state index contributed by atoms with van der Waals surface area (Å²) in [4.78, 5) is 0. The maximum Gasteiger partial charge on any atom is 0.126 e. The minimum Gasteiger partial charge on any atom is -0.507 e. The van der Waals surface area contributed by atoms with Crippen LogP contribution < -0.4 is 5.32 Å². The largest absolute Gasteiger partial charge is 0.507 e. The van der Waals surface area contributed by atoms with E-state index in [1.54, 1.807) is 0 Å². The fraction of sp³-hybridized carbons (Fsp3) is 0.188. The van der Waals surface area contributed by atoms with Crippen molar-refractivity contribution in [1.29, 1.82) is 5.26 Å². The molecule has 0 aliphatic heterocycles. The monoisotopic (exact) mass is 270 g/mol. The average Bonchev–Trinajstić information content (AvgIpc) is 2.38. The third-order valence-electron chi connectivity index (χ3n) is 3.22. The van der Waals surface area contributed by atoms with Crippen molar-refractivity contribution < 1.29 is 9.50 Å². The summed E-state index contributed by atoms with van der Waals surface area (Å²) in [5.41, 5.74) is 2.73. The first-order valence-corrected chi connectivity index (χ1v) is 6.27. The number of phenols is 1. The quantitative estimate of drug-likeness (QED) is 0.889. The van der Waals surface area contributed by atoms with Crippen molar-refractivity contribution in [2.75, 3.05) is 5.32 Å². The lowest BCUT2D eigenvalue weighted by molar-refractivity contribution is 0.459. The molecular formula is C16H15FN2O. The third-order valence-corrected chi connectivity index (χ3v) is 3.22. The summed E-state index contributed by atoms with van der Waals surface area (Å²) in [5.74, 6) is -0.581. The molecule has 0 spiro atoms. The normalized spacial score (nSPS) is 11.7. The Hall–Kier alpha value is -2.54. The molecule has 3 nitrogen and oxygen atoms in total. The van der Waals surface area contributed by atoms with Crippen LogP contribution in [0.2, 0.25) is 0 Å². The fourth-order valence-electron chi connectivity index (χ4n) is 2.13. The summed E-state index contributed by atoms with van der Waals surface area (Å²) in [5, 5.41) is 22.1. The number of nitriles is 1. The molecule has 0 amide bonds. The highest BCUT2D eigenvalue weighted by Crippen LogP contribution is 2.29. The van der Waals surface area contributed by atoms with Gasteiger partial charge in [0.2, 0.25) is 0 Å². The van der Waals surface area contributed by atoms with Crippen LogP contribution in [0.15, 0.2) is 36.4 Å². The van der Waals surface area contributed by atoms with Crippen LogP contribution in [-0.2, 0) is 0 Å². The number of benzene rings is 2. The summed E-state index contributed by atoms with van der Waals surface area (Å²) in [6.07, 6.45) is 0. The Morgan fingerprint density at radius 2 is 2.05 bits per heavy atom. The lowest BCUT2D eigenvalue weighted by atomic mass is 10.0. The Kier molecular flexibility index (Phi) is 3.90. The van der Waals surface area contributed by atoms with Crippen LogP contribution in [0.1, 0.15) is 29.7 Å². The molecule has 1 atom stereocenters. The van der Waals surface area contributed by atoms with Gasteiger partial charge in [-0.1, -0.05) is 18.2 Å². The molecule has 2 rings (SSSR count). The number of hydrogen-bond donors (Lipinski definition) is 2. The molecule has 2 aromatic carbocycles. The van der Waals surface area contributed by atoms with Crippen LogP contribution >= 0.6 is 0 Å². The Labute approximate surface area is 117 Å². The number of phenolic OH excluding ortho intramolecular Hbond substituents is 1. The van der Waals surface area contributed by atoms with E-state index in [2.05, 4.69) is 11.4 Å². The molecule has 0 radical (unpaired) electrons. The van der Waals surface area contributed by atoms with E-state index in [-0.39, 0.29) is 11.8 Å². The van der Waals surface area contributed by atoms with E-state index >= 15 is 0 Å². The summed E-state index contributed by atoms with van der Waals surface area (Å²) in [7, 11) is 0. The van der Waals surface area contributed by atoms with Gasteiger partial charge in [0.05, 0.1) is 17.3 Å². The van der Waals surface area contributed by atoms with Crippen molar-refractivity contribution in [1.82, 2.24) is 0 Å². The van der Waals surface area contributed by atoms with E-state index in [0.717, 1.165) is 11.6 Å². The molecule has 0 bridgehead atoms. The third kappa shape index (κ3) is 2.72. The number of nitrogens with one attached hydrogen (secondary N) is 1. The van der Waals surface area contributed by atoms with E-state index in [9.17, 15) is 14.8 Å². The predicted octanol–water partition coefficient (Wildman–Crippen LogP) is 3.88. The smallest absolute Gasteiger partial charge is 0.126 e. The summed E-state index contributed by atoms with van der Waals surface area (Å²) in [6, 6.07) is 11.4. The van der Waals surface area contributed by atoms with Crippen LogP contribution in [0.5, 0.6) is 5.75 Å². The van der Waals surface area contributed by atoms with Crippen molar-refractivity contribution >= 4 is 5.69 Å². The van der Waals surface area contributed by atoms with E-state index in [1.807, 2.05) is 32.0 Å². The first kappa shape index (κ1) is 13.9. The zero-order valence-electron chi connectivity index (χ0n) is 11.3. The second kappa shape index (κ2) is 5.62. The van der Waals surface area contributed by atoms with Crippen molar-refractivity contribution in [3.05, 3.63) is 58.9 Å². The molecular weight excluding hydrogens is 255 g/mol. The van der Waals surface area contributed by atoms with Crippen molar-refractivity contribution in [3.8, 4) is 11.8 Å². The SMILES string of the molecule is Cc1cccc(NC(C)c2ccc(F)cc2O)c1C#N. The molecule has 2 N–H and O–H groups in total. The highest BCUT2D eigenvalue weighted by atomic mass is 19.1. The van der Waals surface area contributed by atoms with Crippen LogP contribution in [-0.4, -0.2) is 5.11 Å². The highest BCUT2D eigenvalue weighted by Gasteiger charge is 2.13. The number of aromatic hydroxyl groups is 1. The van der Waals surface area contributed by atoms with Crippen molar-refractivity contribution in [2.45, 2.75) is 19.9 Å². The molecule has 0 aliphatic rings. The van der Waals surface area contributed by atoms with Crippen LogP contribution in [0.25, 0.3) is 0 Å². The second-order valence-electron chi connectivity index (χ2n) is 4.68. The minimum absolute atomic E-state index is 0.101. The topological polar surface area (TPSA) is 56.0 Å². The number of anilines is 1. The molecule has 4 heteroatoms. The van der Waals surface area contributed by atoms with Gasteiger partial charge in [-0.3, -0.25) is 0 Å². The van der Waals surface area contributed by atoms with E-state index < -0.39 is 5.82 Å². The lowest BCUT2D eigenvalue weighted by Gasteiger charge is -2.18. The molecule has 0 saturated carbocycles. The van der Waals surface area contributed by atoms with Gasteiger partial charge in [0.1, 0.15) is 17.6 Å². The number of aryl methyl sites for hydroxylation is 1. The number of halogens is 1. The van der Waals surface area contributed by atoms with E-state index in [0.29, 0.717) is 16.8 Å². The van der Waals surface area contributed by atoms with Crippen molar-refractivity contribution in [3.63, 3.8) is 0 Å². The molecule has 0 aliphatic carbocycles. The van der Waals surface area contributed by atoms with Gasteiger partial charge >= 0.3 is 0 Å². The van der Waals surface area contributed by atoms with E-state index in [1.165, 1.54) is 12.1 Å². The van der Waals surface area contributed by atoms with Gasteiger partial charge in [0.25, 0.3) is 0 Å². The Morgan fingerprint density at radius 1 is 1.30 bits per heavy atom. The molecule has 0 heterocycles. The van der Waals surface area contributed by atoms with Gasteiger partial charge in [-0.15, -0.1) is 0 Å². The molecule has 1 unspecified atom stereocenters. The fourth-order valence-corrected chi connectivity index (χ4v) is 2.13. The maximum absolute atomic E-state index is 13.0. The Bertz CT molecular complexity index is 677. The standard InChI is InChI=1S/C16H15FN2O/c1-10-4-3-5-15(14(10)9-18)19-11(2)13-7-6-12(17)8-16(13)20/h3-8,11,19-20H,1-2H3. The molecule has 102 valence electrons. The minimum atomic E-state index is -0.480. The highest BCUT2D eigenvalue weighted by molar-refractivity contribution is 5.61. The maximum atomic E-state index is 13.0. The van der Waals surface area contributed by atoms with Gasteiger partial charge < -0.3 is 10.4 Å². The van der Waals surface area contributed by atoms with E-state index in [4.69, 9.17) is 0 Å². The van der Waals surface area contributed by atoms with Gasteiger partial charge in [-0.25, -0.2) is 4.39 Å². The number of hydrogen-bond acceptors (Lipinski definition) is 3. The summed E-state index contributed by atoms with van der Waals surface area (Å²) < 4.78 is 13.0. The lowest BCUT2D eigenvalue weighted by Crippen LogP contribution is -2.08. The number of rotatable bonds is 3. The van der Waals surface area contributed by atoms with Gasteiger partial charge in [-0.05, 0) is 31.5 Å². The van der Waals surface area contributed by atoms with Crippen LogP contribution in [0.4, 0.5) is 10.1 Å².